The molecule has 1 N–H and O–H groups in total. The van der Waals surface area contributed by atoms with Crippen molar-refractivity contribution in [2.75, 3.05) is 0 Å². The van der Waals surface area contributed by atoms with E-state index in [1.54, 1.807) is 0 Å². The molecule has 198 valence electrons. The average Bonchev–Trinajstić information content (AvgIpc) is 3.65. The molecular formula is C36H14B10N2. The Morgan fingerprint density at radius 2 is 0.917 bits per heavy atom. The number of aromatic nitrogens is 2. The molecule has 20 radical (unpaired) electrons. The third-order valence-electron chi connectivity index (χ3n) is 9.51. The predicted octanol–water partition coefficient (Wildman–Crippen LogP) is -2.31. The molecule has 8 rings (SSSR count). The van der Waals surface area contributed by atoms with E-state index in [1.807, 2.05) is 42.5 Å². The largest absolute Gasteiger partial charge is 0.353 e. The smallest absolute Gasteiger partial charge is 0.113 e. The molecule has 2 aromatic heterocycles. The minimum absolute atomic E-state index is 0.0926. The molecule has 0 bridgehead atoms. The Bertz CT molecular complexity index is 2630. The molecule has 0 saturated heterocycles. The summed E-state index contributed by atoms with van der Waals surface area (Å²) in [6.45, 7) is 0. The van der Waals surface area contributed by atoms with Crippen LogP contribution in [0.5, 0.6) is 0 Å². The van der Waals surface area contributed by atoms with Crippen LogP contribution in [0.4, 0.5) is 0 Å². The van der Waals surface area contributed by atoms with Gasteiger partial charge in [0.2, 0.25) is 0 Å². The molecule has 0 fully saturated rings. The van der Waals surface area contributed by atoms with Gasteiger partial charge in [-0.25, -0.2) is 0 Å². The first-order valence-electron chi connectivity index (χ1n) is 15.1. The van der Waals surface area contributed by atoms with Gasteiger partial charge < -0.3 is 9.55 Å². The lowest BCUT2D eigenvalue weighted by molar-refractivity contribution is 1.18. The molecule has 12 heteroatoms. The summed E-state index contributed by atoms with van der Waals surface area (Å²) in [6, 6.07) is 26.5. The molecule has 0 aliphatic rings. The maximum Gasteiger partial charge on any atom is 0.113 e. The summed E-state index contributed by atoms with van der Waals surface area (Å²) in [5.74, 6) is 0. The van der Waals surface area contributed by atoms with E-state index in [-0.39, 0.29) is 54.6 Å². The molecule has 2 heterocycles. The molecule has 0 aliphatic carbocycles. The number of aromatic amines is 1. The number of rotatable bonds is 3. The SMILES string of the molecule is [B]c1c([B])c([B])c(-c2ccc(-n3c4ccccc4c4ccc5c6ccccc6[nH]c5c43)cc2-c2c([B])c([B])c([B])c([B])c2[B])c([B])c1[B]. The van der Waals surface area contributed by atoms with E-state index < -0.39 is 0 Å². The van der Waals surface area contributed by atoms with Gasteiger partial charge in [-0.3, -0.25) is 0 Å². The predicted molar refractivity (Wildman–Crippen MR) is 215 cm³/mol. The Labute approximate surface area is 291 Å². The molecule has 0 atom stereocenters. The minimum atomic E-state index is 0.0926. The molecule has 0 spiro atoms. The van der Waals surface area contributed by atoms with Crippen molar-refractivity contribution in [3.05, 3.63) is 78.9 Å². The Kier molecular flexibility index (Phi) is 7.11. The van der Waals surface area contributed by atoms with Gasteiger partial charge in [-0.15, -0.1) is 32.8 Å². The summed E-state index contributed by atoms with van der Waals surface area (Å²) >= 11 is 0. The molecule has 0 aliphatic heterocycles. The molecule has 48 heavy (non-hydrogen) atoms. The van der Waals surface area contributed by atoms with Crippen LogP contribution in [-0.2, 0) is 0 Å². The molecule has 0 amide bonds. The molecule has 8 aromatic rings. The van der Waals surface area contributed by atoms with Crippen molar-refractivity contribution in [3.63, 3.8) is 0 Å². The first-order chi connectivity index (χ1) is 23.0. The second-order valence-corrected chi connectivity index (χ2v) is 12.0. The van der Waals surface area contributed by atoms with Crippen LogP contribution in [-0.4, -0.2) is 88.0 Å². The number of hydrogen-bond acceptors (Lipinski definition) is 0. The van der Waals surface area contributed by atoms with Gasteiger partial charge in [0.1, 0.15) is 78.5 Å². The van der Waals surface area contributed by atoms with Crippen LogP contribution in [0.2, 0.25) is 0 Å². The number of fused-ring (bicyclic) bond motifs is 7. The fourth-order valence-corrected chi connectivity index (χ4v) is 7.01. The highest BCUT2D eigenvalue weighted by Crippen LogP contribution is 2.40. The topological polar surface area (TPSA) is 20.7 Å². The quantitative estimate of drug-likeness (QED) is 0.226. The van der Waals surface area contributed by atoms with Crippen molar-refractivity contribution < 1.29 is 0 Å². The van der Waals surface area contributed by atoms with E-state index in [0.29, 0.717) is 22.3 Å². The molecule has 0 saturated carbocycles. The van der Waals surface area contributed by atoms with Gasteiger partial charge in [0, 0.05) is 32.7 Å². The van der Waals surface area contributed by atoms with E-state index in [4.69, 9.17) is 78.5 Å². The second-order valence-electron chi connectivity index (χ2n) is 12.0. The fourth-order valence-electron chi connectivity index (χ4n) is 7.01. The van der Waals surface area contributed by atoms with Crippen LogP contribution >= 0.6 is 0 Å². The normalized spacial score (nSPS) is 11.8. The highest BCUT2D eigenvalue weighted by Gasteiger charge is 2.23. The number of hydrogen-bond donors (Lipinski definition) is 1. The van der Waals surface area contributed by atoms with E-state index in [0.717, 1.165) is 49.3 Å². The standard InChI is InChI=1S/C36H14B10N2/c37-25-23(26(38)30(42)33(45)29(25)41)17-10-9-14(13-20(17)24-27(39)31(43)34(46)32(44)28(24)40)48-22-8-4-2-6-16(22)19-12-11-18-15-5-1-3-7-21(15)47-35(18)36(19)48/h1-13,47H. The summed E-state index contributed by atoms with van der Waals surface area (Å²) < 4.78 is 2.20. The first kappa shape index (κ1) is 30.9. The van der Waals surface area contributed by atoms with Crippen LogP contribution in [0.15, 0.2) is 78.9 Å². The first-order valence-corrected chi connectivity index (χ1v) is 15.1. The number of nitrogens with zero attached hydrogens (tertiary/aromatic N) is 1. The summed E-state index contributed by atoms with van der Waals surface area (Å²) in [5.41, 5.74) is 7.75. The lowest BCUT2D eigenvalue weighted by atomic mass is 9.58. The molecular weight excluding hydrogens is 569 g/mol. The van der Waals surface area contributed by atoms with Gasteiger partial charge in [-0.1, -0.05) is 76.4 Å². The van der Waals surface area contributed by atoms with Crippen LogP contribution in [0.25, 0.3) is 71.6 Å². The lowest BCUT2D eigenvalue weighted by Crippen LogP contribution is -2.56. The highest BCUT2D eigenvalue weighted by molar-refractivity contribution is 6.70. The maximum absolute atomic E-state index is 6.68. The third kappa shape index (κ3) is 4.20. The maximum atomic E-state index is 6.68. The summed E-state index contributed by atoms with van der Waals surface area (Å²) in [7, 11) is 64.3. The van der Waals surface area contributed by atoms with Crippen LogP contribution in [0.3, 0.4) is 0 Å². The number of benzene rings is 6. The zero-order valence-electron chi connectivity index (χ0n) is 25.7. The van der Waals surface area contributed by atoms with Gasteiger partial charge in [-0.05, 0) is 46.5 Å². The Hall–Kier alpha value is -4.43. The summed E-state index contributed by atoms with van der Waals surface area (Å²) in [4.78, 5) is 3.67. The monoisotopic (exact) mass is 584 g/mol. The van der Waals surface area contributed by atoms with Crippen LogP contribution in [0.1, 0.15) is 0 Å². The van der Waals surface area contributed by atoms with Gasteiger partial charge in [0.05, 0.1) is 16.6 Å². The average molecular weight is 583 g/mol. The molecule has 6 aromatic carbocycles. The van der Waals surface area contributed by atoms with Gasteiger partial charge in [0.15, 0.2) is 0 Å². The van der Waals surface area contributed by atoms with E-state index in [9.17, 15) is 0 Å². The van der Waals surface area contributed by atoms with Gasteiger partial charge in [-0.2, -0.15) is 0 Å². The number of H-pyrrole nitrogens is 1. The summed E-state index contributed by atoms with van der Waals surface area (Å²) in [6.07, 6.45) is 0. The Balaban J connectivity index is 1.55. The molecule has 0 unspecified atom stereocenters. The Morgan fingerprint density at radius 1 is 0.417 bits per heavy atom. The Morgan fingerprint density at radius 3 is 1.54 bits per heavy atom. The van der Waals surface area contributed by atoms with Crippen molar-refractivity contribution in [2.24, 2.45) is 0 Å². The lowest BCUT2D eigenvalue weighted by Gasteiger charge is -2.27. The highest BCUT2D eigenvalue weighted by atomic mass is 15.0. The van der Waals surface area contributed by atoms with E-state index in [2.05, 4.69) is 45.9 Å². The summed E-state index contributed by atoms with van der Waals surface area (Å²) in [5, 5.41) is 4.37. The van der Waals surface area contributed by atoms with E-state index >= 15 is 0 Å². The van der Waals surface area contributed by atoms with Crippen molar-refractivity contribution in [1.29, 1.82) is 0 Å². The zero-order chi connectivity index (χ0) is 33.8. The third-order valence-corrected chi connectivity index (χ3v) is 9.51. The van der Waals surface area contributed by atoms with Gasteiger partial charge in [0.25, 0.3) is 0 Å². The van der Waals surface area contributed by atoms with Crippen LogP contribution in [0, 0.1) is 0 Å². The molecule has 2 nitrogen and oxygen atoms in total. The van der Waals surface area contributed by atoms with Crippen molar-refractivity contribution in [2.45, 2.75) is 0 Å². The zero-order valence-corrected chi connectivity index (χ0v) is 25.7. The number of para-hydroxylation sites is 2. The van der Waals surface area contributed by atoms with Crippen molar-refractivity contribution in [3.8, 4) is 27.9 Å². The fraction of sp³-hybridized carbons (Fsp3) is 0. The second kappa shape index (κ2) is 11.1. The van der Waals surface area contributed by atoms with Crippen molar-refractivity contribution in [1.82, 2.24) is 9.55 Å². The minimum Gasteiger partial charge on any atom is -0.353 e. The van der Waals surface area contributed by atoms with Crippen LogP contribution < -0.4 is 54.6 Å². The van der Waals surface area contributed by atoms with Gasteiger partial charge >= 0.3 is 0 Å². The number of nitrogens with one attached hydrogen (secondary N) is 1. The van der Waals surface area contributed by atoms with E-state index in [1.165, 1.54) is 0 Å². The van der Waals surface area contributed by atoms with Crippen molar-refractivity contribution >= 4 is 177 Å².